The van der Waals surface area contributed by atoms with E-state index in [1.165, 1.54) is 17.0 Å². The van der Waals surface area contributed by atoms with Gasteiger partial charge in [-0.15, -0.1) is 0 Å². The predicted octanol–water partition coefficient (Wildman–Crippen LogP) is 1.88. The lowest BCUT2D eigenvalue weighted by Crippen LogP contribution is -2.38. The Labute approximate surface area is 164 Å². The minimum absolute atomic E-state index is 0.0701. The summed E-state index contributed by atoms with van der Waals surface area (Å²) in [6.07, 6.45) is 1.32. The Kier molecular flexibility index (Phi) is 5.99. The fourth-order valence-electron chi connectivity index (χ4n) is 2.73. The van der Waals surface area contributed by atoms with Crippen molar-refractivity contribution in [3.8, 4) is 5.75 Å². The standard InChI is InChI=1S/C18H24N4O5S/c1-4-17-20-16(21-27-17)10-22-14-9-13(5-6-15(14)26-11-18(22)23)28(24,25)19-8-7-12(2)3/h5-6,9,12,19H,4,7-8,10-11H2,1-3H3. The quantitative estimate of drug-likeness (QED) is 0.709. The maximum absolute atomic E-state index is 12.6. The zero-order valence-corrected chi connectivity index (χ0v) is 17.0. The maximum Gasteiger partial charge on any atom is 0.265 e. The van der Waals surface area contributed by atoms with Crippen LogP contribution >= 0.6 is 0 Å². The van der Waals surface area contributed by atoms with Crippen LogP contribution in [0.3, 0.4) is 0 Å². The van der Waals surface area contributed by atoms with Gasteiger partial charge in [0.25, 0.3) is 5.91 Å². The van der Waals surface area contributed by atoms with Crippen molar-refractivity contribution < 1.29 is 22.5 Å². The Hall–Kier alpha value is -2.46. The molecule has 0 bridgehead atoms. The number of sulfonamides is 1. The summed E-state index contributed by atoms with van der Waals surface area (Å²) in [4.78, 5) is 18.1. The monoisotopic (exact) mass is 408 g/mol. The molecule has 1 aromatic heterocycles. The average molecular weight is 408 g/mol. The number of carbonyl (C=O) groups is 1. The first-order valence-electron chi connectivity index (χ1n) is 9.18. The minimum Gasteiger partial charge on any atom is -0.482 e. The predicted molar refractivity (Wildman–Crippen MR) is 101 cm³/mol. The molecule has 1 amide bonds. The molecule has 0 spiro atoms. The van der Waals surface area contributed by atoms with Gasteiger partial charge in [0.05, 0.1) is 17.1 Å². The molecule has 2 heterocycles. The van der Waals surface area contributed by atoms with Crippen LogP contribution in [0, 0.1) is 5.92 Å². The number of rotatable bonds is 8. The summed E-state index contributed by atoms with van der Waals surface area (Å²) in [6.45, 7) is 6.22. The number of nitrogens with one attached hydrogen (secondary N) is 1. The summed E-state index contributed by atoms with van der Waals surface area (Å²) in [5.41, 5.74) is 0.367. The van der Waals surface area contributed by atoms with Crippen LogP contribution in [0.2, 0.25) is 0 Å². The molecule has 1 aromatic carbocycles. The largest absolute Gasteiger partial charge is 0.482 e. The number of ether oxygens (including phenoxy) is 1. The Morgan fingerprint density at radius 2 is 2.11 bits per heavy atom. The van der Waals surface area contributed by atoms with E-state index in [-0.39, 0.29) is 24.0 Å². The molecule has 0 fully saturated rings. The molecule has 28 heavy (non-hydrogen) atoms. The highest BCUT2D eigenvalue weighted by molar-refractivity contribution is 7.89. The van der Waals surface area contributed by atoms with Crippen LogP contribution < -0.4 is 14.4 Å². The summed E-state index contributed by atoms with van der Waals surface area (Å²) < 4.78 is 38.3. The van der Waals surface area contributed by atoms with Crippen molar-refractivity contribution in [1.29, 1.82) is 0 Å². The van der Waals surface area contributed by atoms with Crippen molar-refractivity contribution in [1.82, 2.24) is 14.9 Å². The molecule has 0 unspecified atom stereocenters. The van der Waals surface area contributed by atoms with Crippen molar-refractivity contribution in [2.75, 3.05) is 18.1 Å². The van der Waals surface area contributed by atoms with E-state index >= 15 is 0 Å². The van der Waals surface area contributed by atoms with Crippen LogP contribution in [0.4, 0.5) is 5.69 Å². The zero-order valence-electron chi connectivity index (χ0n) is 16.1. The Morgan fingerprint density at radius 1 is 1.32 bits per heavy atom. The van der Waals surface area contributed by atoms with Gasteiger partial charge in [-0.05, 0) is 30.5 Å². The number of nitrogens with zero attached hydrogens (tertiary/aromatic N) is 3. The fraction of sp³-hybridized carbons (Fsp3) is 0.500. The third-order valence-corrected chi connectivity index (χ3v) is 5.77. The van der Waals surface area contributed by atoms with E-state index in [2.05, 4.69) is 14.9 Å². The maximum atomic E-state index is 12.6. The number of aryl methyl sites for hydroxylation is 1. The number of anilines is 1. The molecule has 152 valence electrons. The third kappa shape index (κ3) is 4.50. The summed E-state index contributed by atoms with van der Waals surface area (Å²) >= 11 is 0. The van der Waals surface area contributed by atoms with Crippen molar-refractivity contribution in [2.45, 2.75) is 45.1 Å². The van der Waals surface area contributed by atoms with E-state index in [1.54, 1.807) is 6.07 Å². The lowest BCUT2D eigenvalue weighted by molar-refractivity contribution is -0.121. The van der Waals surface area contributed by atoms with Crippen LogP contribution in [0.15, 0.2) is 27.6 Å². The van der Waals surface area contributed by atoms with Gasteiger partial charge in [0.15, 0.2) is 12.4 Å². The molecular formula is C18H24N4O5S. The number of amides is 1. The van der Waals surface area contributed by atoms with E-state index < -0.39 is 10.0 Å². The number of aromatic nitrogens is 2. The van der Waals surface area contributed by atoms with Crippen LogP contribution in [0.1, 0.15) is 38.9 Å². The van der Waals surface area contributed by atoms with Crippen LogP contribution in [-0.4, -0.2) is 37.6 Å². The van der Waals surface area contributed by atoms with Gasteiger partial charge in [-0.25, -0.2) is 13.1 Å². The average Bonchev–Trinajstić information content (AvgIpc) is 3.11. The molecule has 10 heteroatoms. The molecule has 0 aliphatic carbocycles. The Morgan fingerprint density at radius 3 is 2.79 bits per heavy atom. The van der Waals surface area contributed by atoms with Crippen LogP contribution in [0.5, 0.6) is 5.75 Å². The third-order valence-electron chi connectivity index (χ3n) is 4.31. The van der Waals surface area contributed by atoms with Gasteiger partial charge in [0.1, 0.15) is 5.75 Å². The highest BCUT2D eigenvalue weighted by Gasteiger charge is 2.29. The second kappa shape index (κ2) is 8.27. The van der Waals surface area contributed by atoms with E-state index in [4.69, 9.17) is 9.26 Å². The number of hydrogen-bond acceptors (Lipinski definition) is 7. The van der Waals surface area contributed by atoms with Gasteiger partial charge in [-0.3, -0.25) is 9.69 Å². The van der Waals surface area contributed by atoms with Gasteiger partial charge in [0, 0.05) is 13.0 Å². The number of benzene rings is 1. The normalized spacial score (nSPS) is 14.3. The second-order valence-corrected chi connectivity index (χ2v) is 8.70. The molecule has 3 rings (SSSR count). The zero-order chi connectivity index (χ0) is 20.3. The van der Waals surface area contributed by atoms with E-state index in [9.17, 15) is 13.2 Å². The van der Waals surface area contributed by atoms with Gasteiger partial charge in [0.2, 0.25) is 15.9 Å². The van der Waals surface area contributed by atoms with E-state index in [1.807, 2.05) is 20.8 Å². The van der Waals surface area contributed by atoms with Crippen molar-refractivity contribution >= 4 is 21.6 Å². The van der Waals surface area contributed by atoms with E-state index in [0.29, 0.717) is 42.0 Å². The van der Waals surface area contributed by atoms with E-state index in [0.717, 1.165) is 6.42 Å². The molecule has 0 radical (unpaired) electrons. The molecular weight excluding hydrogens is 384 g/mol. The Balaban J connectivity index is 1.87. The number of fused-ring (bicyclic) bond motifs is 1. The smallest absolute Gasteiger partial charge is 0.265 e. The first-order chi connectivity index (χ1) is 13.3. The molecule has 2 aromatic rings. The van der Waals surface area contributed by atoms with Crippen molar-refractivity contribution in [3.05, 3.63) is 29.9 Å². The Bertz CT molecular complexity index is 955. The second-order valence-electron chi connectivity index (χ2n) is 6.94. The van der Waals surface area contributed by atoms with Crippen molar-refractivity contribution in [2.24, 2.45) is 5.92 Å². The fourth-order valence-corrected chi connectivity index (χ4v) is 3.79. The highest BCUT2D eigenvalue weighted by Crippen LogP contribution is 2.35. The number of hydrogen-bond donors (Lipinski definition) is 1. The SMILES string of the molecule is CCc1nc(CN2C(=O)COc3ccc(S(=O)(=O)NCCC(C)C)cc32)no1. The molecule has 0 atom stereocenters. The molecule has 1 aliphatic heterocycles. The molecule has 0 saturated carbocycles. The molecule has 1 aliphatic rings. The topological polar surface area (TPSA) is 115 Å². The lowest BCUT2D eigenvalue weighted by Gasteiger charge is -2.28. The van der Waals surface area contributed by atoms with Gasteiger partial charge in [-0.1, -0.05) is 25.9 Å². The number of carbonyl (C=O) groups excluding carboxylic acids is 1. The van der Waals surface area contributed by atoms with Crippen molar-refractivity contribution in [3.63, 3.8) is 0 Å². The first kappa shape index (κ1) is 20.3. The molecule has 0 saturated heterocycles. The minimum atomic E-state index is -3.70. The molecule has 9 nitrogen and oxygen atoms in total. The summed E-state index contributed by atoms with van der Waals surface area (Å²) in [5, 5.41) is 3.87. The first-order valence-corrected chi connectivity index (χ1v) is 10.7. The summed E-state index contributed by atoms with van der Waals surface area (Å²) in [5.74, 6) is 1.33. The summed E-state index contributed by atoms with van der Waals surface area (Å²) in [6, 6.07) is 4.46. The van der Waals surface area contributed by atoms with Crippen LogP contribution in [0.25, 0.3) is 0 Å². The highest BCUT2D eigenvalue weighted by atomic mass is 32.2. The van der Waals surface area contributed by atoms with Gasteiger partial charge in [-0.2, -0.15) is 4.98 Å². The van der Waals surface area contributed by atoms with Gasteiger partial charge >= 0.3 is 0 Å². The van der Waals surface area contributed by atoms with Gasteiger partial charge < -0.3 is 9.26 Å². The lowest BCUT2D eigenvalue weighted by atomic mass is 10.1. The summed E-state index contributed by atoms with van der Waals surface area (Å²) in [7, 11) is -3.70. The molecule has 1 N–H and O–H groups in total. The van der Waals surface area contributed by atoms with Crippen LogP contribution in [-0.2, 0) is 27.8 Å².